The molecule has 0 bridgehead atoms. The number of hydrogen-bond donors (Lipinski definition) is 1. The molecule has 1 aromatic heterocycles. The van der Waals surface area contributed by atoms with Gasteiger partial charge in [-0.15, -0.1) is 0 Å². The van der Waals surface area contributed by atoms with Crippen LogP contribution in [0.5, 0.6) is 0 Å². The van der Waals surface area contributed by atoms with Gasteiger partial charge in [-0.2, -0.15) is 5.26 Å². The minimum Gasteiger partial charge on any atom is -0.469 e. The molecule has 112 valence electrons. The van der Waals surface area contributed by atoms with Gasteiger partial charge in [0.1, 0.15) is 11.3 Å². The quantitative estimate of drug-likeness (QED) is 0.805. The van der Waals surface area contributed by atoms with Gasteiger partial charge in [-0.3, -0.25) is 9.59 Å². The Morgan fingerprint density at radius 3 is 2.81 bits per heavy atom. The molecule has 0 spiro atoms. The molecule has 0 aromatic carbocycles. The number of hydrogen-bond acceptors (Lipinski definition) is 5. The van der Waals surface area contributed by atoms with Crippen LogP contribution in [-0.4, -0.2) is 24.0 Å². The monoisotopic (exact) mass is 290 g/mol. The summed E-state index contributed by atoms with van der Waals surface area (Å²) in [7, 11) is 0. The van der Waals surface area contributed by atoms with E-state index in [0.717, 1.165) is 12.8 Å². The molecule has 0 aliphatic heterocycles. The van der Waals surface area contributed by atoms with Crippen LogP contribution in [0, 0.1) is 11.3 Å². The van der Waals surface area contributed by atoms with E-state index in [4.69, 9.17) is 14.4 Å². The first-order chi connectivity index (χ1) is 10.1. The number of furan rings is 1. The highest BCUT2D eigenvalue weighted by Crippen LogP contribution is 2.28. The second-order valence-electron chi connectivity index (χ2n) is 5.19. The molecule has 1 fully saturated rings. The zero-order chi connectivity index (χ0) is 15.1. The number of ether oxygens (including phenoxy) is 1. The van der Waals surface area contributed by atoms with Gasteiger partial charge in [-0.05, 0) is 37.8 Å². The summed E-state index contributed by atoms with van der Waals surface area (Å²) in [5, 5.41) is 11.8. The lowest BCUT2D eigenvalue weighted by molar-refractivity contribution is -0.148. The number of rotatable bonds is 6. The summed E-state index contributed by atoms with van der Waals surface area (Å²) >= 11 is 0. The topological polar surface area (TPSA) is 92.3 Å². The van der Waals surface area contributed by atoms with Gasteiger partial charge in [-0.25, -0.2) is 0 Å². The molecule has 0 radical (unpaired) electrons. The van der Waals surface area contributed by atoms with Crippen LogP contribution < -0.4 is 5.32 Å². The standard InChI is InChI=1S/C15H18N2O4/c16-11-15(7-1-2-8-15)17-13(18)10-21-14(19)6-5-12-4-3-9-20-12/h3-4,9H,1-2,5-8,10H2,(H,17,18). The predicted molar refractivity (Wildman–Crippen MR) is 72.9 cm³/mol. The van der Waals surface area contributed by atoms with Crippen molar-refractivity contribution in [3.05, 3.63) is 24.2 Å². The average molecular weight is 290 g/mol. The molecule has 21 heavy (non-hydrogen) atoms. The van der Waals surface area contributed by atoms with Gasteiger partial charge >= 0.3 is 5.97 Å². The molecule has 1 aliphatic rings. The summed E-state index contributed by atoms with van der Waals surface area (Å²) in [6, 6.07) is 5.68. The lowest BCUT2D eigenvalue weighted by Gasteiger charge is -2.21. The minimum atomic E-state index is -0.780. The Morgan fingerprint density at radius 1 is 1.43 bits per heavy atom. The Hall–Kier alpha value is -2.29. The Morgan fingerprint density at radius 2 is 2.19 bits per heavy atom. The number of nitrogens with one attached hydrogen (secondary N) is 1. The van der Waals surface area contributed by atoms with Crippen LogP contribution in [0.3, 0.4) is 0 Å². The summed E-state index contributed by atoms with van der Waals surface area (Å²) in [5.74, 6) is -0.186. The Labute approximate surface area is 123 Å². The van der Waals surface area contributed by atoms with Gasteiger partial charge < -0.3 is 14.5 Å². The van der Waals surface area contributed by atoms with Crippen LogP contribution in [0.15, 0.2) is 22.8 Å². The molecule has 1 aromatic rings. The van der Waals surface area contributed by atoms with Crippen molar-refractivity contribution in [2.45, 2.75) is 44.1 Å². The molecule has 2 rings (SSSR count). The van der Waals surface area contributed by atoms with E-state index in [1.807, 2.05) is 0 Å². The Balaban J connectivity index is 1.68. The number of carbonyl (C=O) groups is 2. The van der Waals surface area contributed by atoms with Crippen molar-refractivity contribution in [2.75, 3.05) is 6.61 Å². The summed E-state index contributed by atoms with van der Waals surface area (Å²) in [6.45, 7) is -0.347. The number of nitriles is 1. The molecule has 6 heteroatoms. The van der Waals surface area contributed by atoms with Crippen molar-refractivity contribution in [1.29, 1.82) is 5.26 Å². The van der Waals surface area contributed by atoms with Crippen LogP contribution >= 0.6 is 0 Å². The van der Waals surface area contributed by atoms with E-state index >= 15 is 0 Å². The zero-order valence-corrected chi connectivity index (χ0v) is 11.8. The average Bonchev–Trinajstić information content (AvgIpc) is 3.15. The van der Waals surface area contributed by atoms with Crippen LogP contribution in [0.25, 0.3) is 0 Å². The maximum Gasteiger partial charge on any atom is 0.306 e. The number of carbonyl (C=O) groups excluding carboxylic acids is 2. The van der Waals surface area contributed by atoms with E-state index in [1.54, 1.807) is 12.1 Å². The van der Waals surface area contributed by atoms with Gasteiger partial charge in [0.15, 0.2) is 6.61 Å². The smallest absolute Gasteiger partial charge is 0.306 e. The van der Waals surface area contributed by atoms with Gasteiger partial charge in [0.05, 0.1) is 18.8 Å². The van der Waals surface area contributed by atoms with Crippen LogP contribution in [0.2, 0.25) is 0 Å². The maximum absolute atomic E-state index is 11.7. The largest absolute Gasteiger partial charge is 0.469 e. The molecule has 0 unspecified atom stereocenters. The van der Waals surface area contributed by atoms with Gasteiger partial charge in [0.2, 0.25) is 0 Å². The fraction of sp³-hybridized carbons (Fsp3) is 0.533. The normalized spacial score (nSPS) is 16.1. The highest BCUT2D eigenvalue weighted by molar-refractivity contribution is 5.81. The third-order valence-corrected chi connectivity index (χ3v) is 3.57. The fourth-order valence-corrected chi connectivity index (χ4v) is 2.44. The second kappa shape index (κ2) is 6.93. The molecule has 0 saturated heterocycles. The van der Waals surface area contributed by atoms with Gasteiger partial charge in [0.25, 0.3) is 5.91 Å². The number of nitrogens with zero attached hydrogens (tertiary/aromatic N) is 1. The molecule has 0 atom stereocenters. The van der Waals surface area contributed by atoms with Crippen LogP contribution in [0.4, 0.5) is 0 Å². The van der Waals surface area contributed by atoms with Crippen molar-refractivity contribution < 1.29 is 18.7 Å². The SMILES string of the molecule is N#CC1(NC(=O)COC(=O)CCc2ccco2)CCCC1. The molecule has 1 N–H and O–H groups in total. The molecule has 1 aliphatic carbocycles. The van der Waals surface area contributed by atoms with E-state index in [-0.39, 0.29) is 13.0 Å². The summed E-state index contributed by atoms with van der Waals surface area (Å²) in [6.07, 6.45) is 5.30. The summed E-state index contributed by atoms with van der Waals surface area (Å²) in [5.41, 5.74) is -0.780. The van der Waals surface area contributed by atoms with Crippen molar-refractivity contribution in [2.24, 2.45) is 0 Å². The number of esters is 1. The van der Waals surface area contributed by atoms with Crippen molar-refractivity contribution in [1.82, 2.24) is 5.32 Å². The highest BCUT2D eigenvalue weighted by Gasteiger charge is 2.35. The molecular weight excluding hydrogens is 272 g/mol. The first-order valence-electron chi connectivity index (χ1n) is 7.04. The Kier molecular flexibility index (Phi) is 4.99. The molecule has 1 amide bonds. The second-order valence-corrected chi connectivity index (χ2v) is 5.19. The van der Waals surface area contributed by atoms with E-state index in [2.05, 4.69) is 11.4 Å². The Bertz CT molecular complexity index is 524. The molecule has 1 saturated carbocycles. The van der Waals surface area contributed by atoms with Crippen LogP contribution in [0.1, 0.15) is 37.9 Å². The number of amides is 1. The van der Waals surface area contributed by atoms with E-state index in [0.29, 0.717) is 25.0 Å². The highest BCUT2D eigenvalue weighted by atomic mass is 16.5. The molecule has 6 nitrogen and oxygen atoms in total. The van der Waals surface area contributed by atoms with Gasteiger partial charge in [0, 0.05) is 6.42 Å². The van der Waals surface area contributed by atoms with E-state index < -0.39 is 17.4 Å². The lowest BCUT2D eigenvalue weighted by atomic mass is 10.00. The molecule has 1 heterocycles. The zero-order valence-electron chi connectivity index (χ0n) is 11.8. The third kappa shape index (κ3) is 4.35. The third-order valence-electron chi connectivity index (χ3n) is 3.57. The van der Waals surface area contributed by atoms with Gasteiger partial charge in [-0.1, -0.05) is 0 Å². The van der Waals surface area contributed by atoms with Crippen molar-refractivity contribution in [3.8, 4) is 6.07 Å². The van der Waals surface area contributed by atoms with Crippen molar-refractivity contribution in [3.63, 3.8) is 0 Å². The predicted octanol–water partition coefficient (Wildman–Crippen LogP) is 1.71. The fourth-order valence-electron chi connectivity index (χ4n) is 2.44. The maximum atomic E-state index is 11.7. The first kappa shape index (κ1) is 15.1. The van der Waals surface area contributed by atoms with E-state index in [9.17, 15) is 9.59 Å². The summed E-state index contributed by atoms with van der Waals surface area (Å²) < 4.78 is 10.0. The first-order valence-corrected chi connectivity index (χ1v) is 7.04. The summed E-state index contributed by atoms with van der Waals surface area (Å²) in [4.78, 5) is 23.3. The van der Waals surface area contributed by atoms with E-state index in [1.165, 1.54) is 6.26 Å². The van der Waals surface area contributed by atoms with Crippen molar-refractivity contribution >= 4 is 11.9 Å². The lowest BCUT2D eigenvalue weighted by Crippen LogP contribution is -2.46. The minimum absolute atomic E-state index is 0.157. The van der Waals surface area contributed by atoms with Crippen LogP contribution in [-0.2, 0) is 20.7 Å². The number of aryl methyl sites for hydroxylation is 1. The molecular formula is C15H18N2O4.